The van der Waals surface area contributed by atoms with Gasteiger partial charge in [-0.3, -0.25) is 0 Å². The Morgan fingerprint density at radius 2 is 0.712 bits per heavy atom. The van der Waals surface area contributed by atoms with Crippen LogP contribution in [0.25, 0.3) is 111 Å². The Balaban J connectivity index is 0.992. The lowest BCUT2D eigenvalue weighted by molar-refractivity contribution is 0.775. The van der Waals surface area contributed by atoms with Crippen LogP contribution in [0.2, 0.25) is 0 Å². The molecule has 340 valence electrons. The van der Waals surface area contributed by atoms with Crippen molar-refractivity contribution in [1.29, 1.82) is 0 Å². The van der Waals surface area contributed by atoms with Gasteiger partial charge in [0, 0.05) is 16.7 Å². The molecule has 3 heteroatoms. The van der Waals surface area contributed by atoms with E-state index in [9.17, 15) is 0 Å². The van der Waals surface area contributed by atoms with Crippen LogP contribution < -0.4 is 0 Å². The number of hydrogen-bond donors (Lipinski definition) is 0. The van der Waals surface area contributed by atoms with Gasteiger partial charge in [0.05, 0.1) is 5.41 Å². The molecule has 0 saturated heterocycles. The summed E-state index contributed by atoms with van der Waals surface area (Å²) in [6.45, 7) is 0. The highest BCUT2D eigenvalue weighted by Crippen LogP contribution is 2.60. The first-order chi connectivity index (χ1) is 36.2. The summed E-state index contributed by atoms with van der Waals surface area (Å²) in [5, 5.41) is 7.22. The molecule has 0 spiro atoms. The normalized spacial score (nSPS) is 12.5. The van der Waals surface area contributed by atoms with Crippen LogP contribution in [0.5, 0.6) is 0 Å². The second-order valence-electron chi connectivity index (χ2n) is 19.0. The fourth-order valence-electron chi connectivity index (χ4n) is 11.7. The third-order valence-electron chi connectivity index (χ3n) is 15.0. The third kappa shape index (κ3) is 7.00. The van der Waals surface area contributed by atoms with E-state index in [1.54, 1.807) is 0 Å². The van der Waals surface area contributed by atoms with E-state index in [1.807, 2.05) is 18.2 Å². The van der Waals surface area contributed by atoms with Crippen molar-refractivity contribution in [2.45, 2.75) is 5.41 Å². The summed E-state index contributed by atoms with van der Waals surface area (Å²) in [6.07, 6.45) is 0. The van der Waals surface area contributed by atoms with Crippen molar-refractivity contribution >= 4 is 32.3 Å². The molecule has 0 atom stereocenters. The average molecular weight is 928 g/mol. The minimum atomic E-state index is -0.694. The molecular formula is C70H45N3. The maximum atomic E-state index is 5.45. The Hall–Kier alpha value is -9.57. The highest BCUT2D eigenvalue weighted by Gasteiger charge is 2.48. The largest absolute Gasteiger partial charge is 0.208 e. The maximum absolute atomic E-state index is 5.45. The molecule has 0 bridgehead atoms. The van der Waals surface area contributed by atoms with Crippen molar-refractivity contribution in [1.82, 2.24) is 15.0 Å². The minimum absolute atomic E-state index is 0.618. The van der Waals surface area contributed by atoms with Gasteiger partial charge in [0.25, 0.3) is 0 Å². The highest BCUT2D eigenvalue weighted by molar-refractivity contribution is 6.14. The second kappa shape index (κ2) is 17.4. The van der Waals surface area contributed by atoms with Crippen molar-refractivity contribution in [3.63, 3.8) is 0 Å². The van der Waals surface area contributed by atoms with Crippen molar-refractivity contribution in [3.8, 4) is 78.7 Å². The average Bonchev–Trinajstić information content (AvgIpc) is 3.78. The number of fused-ring (bicyclic) bond motifs is 8. The van der Waals surface area contributed by atoms with E-state index in [-0.39, 0.29) is 0 Å². The first-order valence-electron chi connectivity index (χ1n) is 25.0. The molecule has 13 aromatic rings. The van der Waals surface area contributed by atoms with Crippen LogP contribution in [0.1, 0.15) is 22.3 Å². The molecule has 73 heavy (non-hydrogen) atoms. The molecule has 14 rings (SSSR count). The lowest BCUT2D eigenvalue weighted by Gasteiger charge is -2.35. The van der Waals surface area contributed by atoms with Crippen LogP contribution in [0, 0.1) is 0 Å². The Morgan fingerprint density at radius 1 is 0.247 bits per heavy atom. The van der Waals surface area contributed by atoms with Crippen LogP contribution >= 0.6 is 0 Å². The van der Waals surface area contributed by atoms with Crippen LogP contribution in [-0.4, -0.2) is 15.0 Å². The van der Waals surface area contributed by atoms with E-state index >= 15 is 0 Å². The van der Waals surface area contributed by atoms with Gasteiger partial charge in [-0.1, -0.05) is 261 Å². The molecular weight excluding hydrogens is 883 g/mol. The summed E-state index contributed by atoms with van der Waals surface area (Å²) >= 11 is 0. The summed E-state index contributed by atoms with van der Waals surface area (Å²) in [6, 6.07) is 98.7. The summed E-state index contributed by atoms with van der Waals surface area (Å²) < 4.78 is 0. The van der Waals surface area contributed by atoms with Crippen LogP contribution in [0.15, 0.2) is 273 Å². The predicted molar refractivity (Wildman–Crippen MR) is 302 cm³/mol. The number of aromatic nitrogens is 3. The molecule has 12 aromatic carbocycles. The summed E-state index contributed by atoms with van der Waals surface area (Å²) in [5.74, 6) is 1.86. The quantitative estimate of drug-likeness (QED) is 0.143. The summed E-state index contributed by atoms with van der Waals surface area (Å²) in [4.78, 5) is 16.1. The standard InChI is InChI=1S/C70H45N3/c1-5-18-46(19-6-1)47-32-34-48(35-33-47)49-36-38-52(39-37-49)68-71-67(51-20-7-2-8-21-51)72-69(73-68)61-31-17-23-50-40-42-60-63-45-54(62-44-53-22-13-14-28-57(53)58-29-15-16-30-59(58)62)41-43-64(63)70(66(60)65(50)61,55-24-9-3-10-25-55)56-26-11-4-12-27-56/h1-45H. The van der Waals surface area contributed by atoms with Crippen LogP contribution in [0.3, 0.4) is 0 Å². The van der Waals surface area contributed by atoms with Crippen molar-refractivity contribution in [2.75, 3.05) is 0 Å². The number of nitrogens with zero attached hydrogens (tertiary/aromatic N) is 3. The lowest BCUT2D eigenvalue weighted by Crippen LogP contribution is -2.29. The first-order valence-corrected chi connectivity index (χ1v) is 25.0. The predicted octanol–water partition coefficient (Wildman–Crippen LogP) is 17.7. The number of rotatable bonds is 8. The third-order valence-corrected chi connectivity index (χ3v) is 15.0. The van der Waals surface area contributed by atoms with Gasteiger partial charge < -0.3 is 0 Å². The minimum Gasteiger partial charge on any atom is -0.208 e. The summed E-state index contributed by atoms with van der Waals surface area (Å²) in [5.41, 5.74) is 16.4. The molecule has 0 unspecified atom stereocenters. The molecule has 1 aliphatic carbocycles. The zero-order valence-electron chi connectivity index (χ0n) is 39.8. The molecule has 3 nitrogen and oxygen atoms in total. The highest BCUT2D eigenvalue weighted by atomic mass is 15.0. The van der Waals surface area contributed by atoms with Gasteiger partial charge in [0.2, 0.25) is 0 Å². The van der Waals surface area contributed by atoms with Gasteiger partial charge in [-0.15, -0.1) is 0 Å². The molecule has 0 aliphatic heterocycles. The first kappa shape index (κ1) is 42.3. The fraction of sp³-hybridized carbons (Fsp3) is 0.0143. The van der Waals surface area contributed by atoms with Gasteiger partial charge >= 0.3 is 0 Å². The number of benzene rings is 12. The molecule has 1 aromatic heterocycles. The Bertz CT molecular complexity index is 4170. The Labute approximate surface area is 424 Å². The van der Waals surface area contributed by atoms with Gasteiger partial charge in [-0.2, -0.15) is 0 Å². The number of hydrogen-bond acceptors (Lipinski definition) is 3. The van der Waals surface area contributed by atoms with Crippen LogP contribution in [0.4, 0.5) is 0 Å². The smallest absolute Gasteiger partial charge is 0.164 e. The fourth-order valence-corrected chi connectivity index (χ4v) is 11.7. The van der Waals surface area contributed by atoms with Gasteiger partial charge in [0.15, 0.2) is 17.5 Å². The Kier molecular flexibility index (Phi) is 10.1. The van der Waals surface area contributed by atoms with E-state index in [0.717, 1.165) is 38.6 Å². The van der Waals surface area contributed by atoms with Crippen LogP contribution in [-0.2, 0) is 5.41 Å². The van der Waals surface area contributed by atoms with Crippen molar-refractivity contribution in [3.05, 3.63) is 295 Å². The maximum Gasteiger partial charge on any atom is 0.164 e. The monoisotopic (exact) mass is 927 g/mol. The molecule has 0 radical (unpaired) electrons. The van der Waals surface area contributed by atoms with Gasteiger partial charge in [0.1, 0.15) is 0 Å². The molecule has 0 amide bonds. The molecule has 0 fully saturated rings. The van der Waals surface area contributed by atoms with E-state index in [2.05, 4.69) is 255 Å². The van der Waals surface area contributed by atoms with Crippen molar-refractivity contribution in [2.24, 2.45) is 0 Å². The van der Waals surface area contributed by atoms with E-state index < -0.39 is 5.41 Å². The topological polar surface area (TPSA) is 38.7 Å². The van der Waals surface area contributed by atoms with E-state index in [4.69, 9.17) is 15.0 Å². The van der Waals surface area contributed by atoms with E-state index in [1.165, 1.54) is 77.2 Å². The lowest BCUT2D eigenvalue weighted by atomic mass is 9.66. The van der Waals surface area contributed by atoms with Gasteiger partial charge in [-0.25, -0.2) is 15.0 Å². The zero-order valence-corrected chi connectivity index (χ0v) is 39.8. The van der Waals surface area contributed by atoms with Crippen molar-refractivity contribution < 1.29 is 0 Å². The molecule has 1 heterocycles. The van der Waals surface area contributed by atoms with Gasteiger partial charge in [-0.05, 0) is 111 Å². The second-order valence-corrected chi connectivity index (χ2v) is 19.0. The molecule has 0 saturated carbocycles. The van der Waals surface area contributed by atoms with E-state index in [0.29, 0.717) is 17.5 Å². The zero-order chi connectivity index (χ0) is 48.3. The SMILES string of the molecule is c1ccc(-c2ccc(-c3ccc(-c4nc(-c5ccccc5)nc(-c5cccc6ccc7c(c56)C(c5ccccc5)(c5ccccc5)c5ccc(-c6cc8ccccc8c8ccccc68)cc5-7)n4)cc3)cc2)cc1. The molecule has 0 N–H and O–H groups in total. The summed E-state index contributed by atoms with van der Waals surface area (Å²) in [7, 11) is 0. The molecule has 1 aliphatic rings. The Morgan fingerprint density at radius 3 is 1.34 bits per heavy atom.